The van der Waals surface area contributed by atoms with Crippen molar-refractivity contribution in [1.82, 2.24) is 0 Å². The molecule has 0 heterocycles. The van der Waals surface area contributed by atoms with Crippen LogP contribution in [0.2, 0.25) is 10.0 Å². The summed E-state index contributed by atoms with van der Waals surface area (Å²) in [5, 5.41) is 9.78. The molecule has 1 rings (SSSR count). The third-order valence-electron chi connectivity index (χ3n) is 2.06. The fourth-order valence-corrected chi connectivity index (χ4v) is 1.51. The molecule has 1 N–H and O–H groups in total. The summed E-state index contributed by atoms with van der Waals surface area (Å²) in [4.78, 5) is 10.6. The lowest BCUT2D eigenvalue weighted by Gasteiger charge is -2.05. The Balaban J connectivity index is 3.23. The highest BCUT2D eigenvalue weighted by Crippen LogP contribution is 2.28. The maximum absolute atomic E-state index is 10.6. The Hall–Kier alpha value is -0.990. The van der Waals surface area contributed by atoms with Gasteiger partial charge in [-0.2, -0.15) is 0 Å². The summed E-state index contributed by atoms with van der Waals surface area (Å²) in [5.74, 6) is -0.960. The van der Waals surface area contributed by atoms with E-state index in [9.17, 15) is 4.79 Å². The Morgan fingerprint density at radius 2 is 2.00 bits per heavy atom. The van der Waals surface area contributed by atoms with Crippen molar-refractivity contribution in [2.75, 3.05) is 0 Å². The minimum Gasteiger partial charge on any atom is -0.478 e. The van der Waals surface area contributed by atoms with E-state index in [1.54, 1.807) is 19.1 Å². The molecule has 0 aliphatic carbocycles. The average molecular weight is 245 g/mol. The molecule has 0 fully saturated rings. The Bertz CT molecular complexity index is 436. The zero-order chi connectivity index (χ0) is 11.6. The molecule has 0 atom stereocenters. The monoisotopic (exact) mass is 244 g/mol. The first kappa shape index (κ1) is 12.1. The Morgan fingerprint density at radius 1 is 1.40 bits per heavy atom. The Labute approximate surface area is 98.1 Å². The molecular formula is C11H10Cl2O2. The quantitative estimate of drug-likeness (QED) is 0.805. The van der Waals surface area contributed by atoms with Crippen molar-refractivity contribution < 1.29 is 9.90 Å². The predicted molar refractivity (Wildman–Crippen MR) is 62.5 cm³/mol. The molecule has 4 heteroatoms. The highest BCUT2D eigenvalue weighted by atomic mass is 35.5. The van der Waals surface area contributed by atoms with Crippen LogP contribution in [-0.2, 0) is 4.79 Å². The van der Waals surface area contributed by atoms with Gasteiger partial charge in [-0.3, -0.25) is 0 Å². The van der Waals surface area contributed by atoms with E-state index in [0.29, 0.717) is 15.6 Å². The minimum absolute atomic E-state index is 0.235. The molecule has 0 aliphatic rings. The lowest BCUT2D eigenvalue weighted by molar-refractivity contribution is -0.132. The van der Waals surface area contributed by atoms with Crippen molar-refractivity contribution in [3.8, 4) is 0 Å². The number of hydrogen-bond acceptors (Lipinski definition) is 1. The second kappa shape index (κ2) is 4.69. The lowest BCUT2D eigenvalue weighted by Crippen LogP contribution is -1.95. The van der Waals surface area contributed by atoms with Gasteiger partial charge in [-0.25, -0.2) is 4.79 Å². The van der Waals surface area contributed by atoms with Gasteiger partial charge in [0.15, 0.2) is 0 Å². The molecule has 0 saturated heterocycles. The fraction of sp³-hybridized carbons (Fsp3) is 0.182. The molecule has 0 saturated carbocycles. The van der Waals surface area contributed by atoms with Crippen LogP contribution in [0.15, 0.2) is 17.7 Å². The molecule has 0 aromatic heterocycles. The maximum atomic E-state index is 10.6. The molecular weight excluding hydrogens is 235 g/mol. The van der Waals surface area contributed by atoms with Gasteiger partial charge < -0.3 is 5.11 Å². The minimum atomic E-state index is -0.960. The van der Waals surface area contributed by atoms with Crippen molar-refractivity contribution in [3.05, 3.63) is 38.9 Å². The molecule has 0 bridgehead atoms. The van der Waals surface area contributed by atoms with E-state index in [2.05, 4.69) is 0 Å². The van der Waals surface area contributed by atoms with Crippen molar-refractivity contribution in [1.29, 1.82) is 0 Å². The van der Waals surface area contributed by atoms with Crippen molar-refractivity contribution in [2.24, 2.45) is 0 Å². The van der Waals surface area contributed by atoms with Crippen LogP contribution in [0.1, 0.15) is 18.1 Å². The molecule has 0 spiro atoms. The van der Waals surface area contributed by atoms with Gasteiger partial charge in [0.1, 0.15) is 0 Å². The van der Waals surface area contributed by atoms with Crippen LogP contribution in [0.3, 0.4) is 0 Å². The predicted octanol–water partition coefficient (Wildman–Crippen LogP) is 3.79. The third-order valence-corrected chi connectivity index (χ3v) is 2.97. The first-order valence-electron chi connectivity index (χ1n) is 4.29. The number of benzene rings is 1. The lowest BCUT2D eigenvalue weighted by atomic mass is 10.1. The smallest absolute Gasteiger partial charge is 0.331 e. The van der Waals surface area contributed by atoms with Crippen molar-refractivity contribution >= 4 is 35.2 Å². The Kier molecular flexibility index (Phi) is 3.77. The number of carboxylic acid groups (broad SMARTS) is 1. The topological polar surface area (TPSA) is 37.3 Å². The summed E-state index contributed by atoms with van der Waals surface area (Å²) in [6.45, 7) is 3.31. The zero-order valence-electron chi connectivity index (χ0n) is 8.34. The van der Waals surface area contributed by atoms with E-state index in [0.717, 1.165) is 5.56 Å². The summed E-state index contributed by atoms with van der Waals surface area (Å²) in [6, 6.07) is 3.40. The molecule has 2 nitrogen and oxygen atoms in total. The van der Waals surface area contributed by atoms with Gasteiger partial charge in [0.2, 0.25) is 0 Å². The molecule has 80 valence electrons. The van der Waals surface area contributed by atoms with E-state index in [1.807, 2.05) is 0 Å². The van der Waals surface area contributed by atoms with Crippen molar-refractivity contribution in [2.45, 2.75) is 13.8 Å². The summed E-state index contributed by atoms with van der Waals surface area (Å²) in [5.41, 5.74) is 1.65. The van der Waals surface area contributed by atoms with Gasteiger partial charge in [0, 0.05) is 10.6 Å². The standard InChI is InChI=1S/C11H10Cl2O2/c1-6(11(14)15)5-8-3-4-9(12)7(2)10(8)13/h3-5H,1-2H3,(H,14,15). The number of carbonyl (C=O) groups is 1. The molecule has 1 aromatic rings. The molecule has 1 aromatic carbocycles. The van der Waals surface area contributed by atoms with E-state index in [4.69, 9.17) is 28.3 Å². The number of rotatable bonds is 2. The summed E-state index contributed by atoms with van der Waals surface area (Å²) in [6.07, 6.45) is 1.52. The van der Waals surface area contributed by atoms with Crippen LogP contribution >= 0.6 is 23.2 Å². The number of halogens is 2. The maximum Gasteiger partial charge on any atom is 0.331 e. The second-order valence-corrected chi connectivity index (χ2v) is 3.99. The van der Waals surface area contributed by atoms with Crippen LogP contribution in [0.4, 0.5) is 0 Å². The third kappa shape index (κ3) is 2.74. The van der Waals surface area contributed by atoms with Crippen molar-refractivity contribution in [3.63, 3.8) is 0 Å². The van der Waals surface area contributed by atoms with Gasteiger partial charge in [0.05, 0.1) is 5.02 Å². The van der Waals surface area contributed by atoms with Gasteiger partial charge in [-0.1, -0.05) is 29.3 Å². The van der Waals surface area contributed by atoms with E-state index in [1.165, 1.54) is 13.0 Å². The SMILES string of the molecule is CC(=Cc1ccc(Cl)c(C)c1Cl)C(=O)O. The molecule has 0 aliphatic heterocycles. The van der Waals surface area contributed by atoms with E-state index in [-0.39, 0.29) is 5.57 Å². The van der Waals surface area contributed by atoms with Crippen LogP contribution in [-0.4, -0.2) is 11.1 Å². The van der Waals surface area contributed by atoms with E-state index >= 15 is 0 Å². The van der Waals surface area contributed by atoms with Crippen LogP contribution < -0.4 is 0 Å². The first-order valence-corrected chi connectivity index (χ1v) is 5.05. The zero-order valence-corrected chi connectivity index (χ0v) is 9.86. The van der Waals surface area contributed by atoms with Crippen LogP contribution in [0, 0.1) is 6.92 Å². The van der Waals surface area contributed by atoms with Crippen LogP contribution in [0.25, 0.3) is 6.08 Å². The van der Waals surface area contributed by atoms with Gasteiger partial charge in [-0.15, -0.1) is 0 Å². The highest BCUT2D eigenvalue weighted by molar-refractivity contribution is 6.36. The fourth-order valence-electron chi connectivity index (χ4n) is 1.09. The second-order valence-electron chi connectivity index (χ2n) is 3.21. The van der Waals surface area contributed by atoms with Gasteiger partial charge >= 0.3 is 5.97 Å². The Morgan fingerprint density at radius 3 is 2.53 bits per heavy atom. The number of aliphatic carboxylic acids is 1. The van der Waals surface area contributed by atoms with Gasteiger partial charge in [0.25, 0.3) is 0 Å². The normalized spacial score (nSPS) is 11.6. The summed E-state index contributed by atoms with van der Waals surface area (Å²) < 4.78 is 0. The average Bonchev–Trinajstić information content (AvgIpc) is 2.18. The molecule has 0 unspecified atom stereocenters. The summed E-state index contributed by atoms with van der Waals surface area (Å²) in [7, 11) is 0. The first-order chi connectivity index (χ1) is 6.93. The largest absolute Gasteiger partial charge is 0.478 e. The number of hydrogen-bond donors (Lipinski definition) is 1. The number of carboxylic acids is 1. The molecule has 0 radical (unpaired) electrons. The summed E-state index contributed by atoms with van der Waals surface area (Å²) >= 11 is 11.9. The molecule has 15 heavy (non-hydrogen) atoms. The van der Waals surface area contributed by atoms with Gasteiger partial charge in [-0.05, 0) is 37.1 Å². The molecule has 0 amide bonds. The highest BCUT2D eigenvalue weighted by Gasteiger charge is 2.07. The van der Waals surface area contributed by atoms with E-state index < -0.39 is 5.97 Å². The van der Waals surface area contributed by atoms with Crippen LogP contribution in [0.5, 0.6) is 0 Å².